The van der Waals surface area contributed by atoms with Crippen molar-refractivity contribution in [2.24, 2.45) is 5.92 Å². The number of para-hydroxylation sites is 1. The van der Waals surface area contributed by atoms with Crippen LogP contribution in [0.3, 0.4) is 0 Å². The first-order chi connectivity index (χ1) is 13.1. The molecule has 2 heterocycles. The van der Waals surface area contributed by atoms with Crippen molar-refractivity contribution in [3.05, 3.63) is 65.2 Å². The number of imidazole rings is 1. The molecule has 0 saturated carbocycles. The van der Waals surface area contributed by atoms with Crippen LogP contribution in [-0.2, 0) is 6.42 Å². The number of carbonyl (C=O) groups is 1. The molecule has 0 unspecified atom stereocenters. The van der Waals surface area contributed by atoms with E-state index >= 15 is 0 Å². The van der Waals surface area contributed by atoms with E-state index in [2.05, 4.69) is 9.97 Å². The van der Waals surface area contributed by atoms with Crippen LogP contribution in [0.1, 0.15) is 41.0 Å². The highest BCUT2D eigenvalue weighted by Crippen LogP contribution is 2.25. The average Bonchev–Trinajstić information content (AvgIpc) is 3.07. The van der Waals surface area contributed by atoms with Crippen LogP contribution in [0.2, 0.25) is 0 Å². The number of carbonyl (C=O) groups excluding carboxylic acids is 1. The number of benzene rings is 2. The number of hydrogen-bond acceptors (Lipinski definition) is 2. The molecule has 1 aromatic heterocycles. The largest absolute Gasteiger partial charge is 0.342 e. The number of nitrogens with one attached hydrogen (secondary N) is 1. The lowest BCUT2D eigenvalue weighted by molar-refractivity contribution is 0.0670. The lowest BCUT2D eigenvalue weighted by Gasteiger charge is -2.33. The molecule has 140 valence electrons. The molecule has 2 aromatic carbocycles. The van der Waals surface area contributed by atoms with Crippen molar-refractivity contribution in [3.63, 3.8) is 0 Å². The van der Waals surface area contributed by atoms with Gasteiger partial charge in [0, 0.05) is 13.1 Å². The number of likely N-dealkylation sites (tertiary alicyclic amines) is 1. The summed E-state index contributed by atoms with van der Waals surface area (Å²) in [4.78, 5) is 22.7. The van der Waals surface area contributed by atoms with Crippen molar-refractivity contribution >= 4 is 16.9 Å². The van der Waals surface area contributed by atoms with Gasteiger partial charge in [0.25, 0.3) is 5.91 Å². The normalized spacial score (nSPS) is 17.4. The molecule has 0 bridgehead atoms. The Labute approximate surface area is 158 Å². The van der Waals surface area contributed by atoms with Crippen molar-refractivity contribution in [3.8, 4) is 0 Å². The number of aryl methyl sites for hydroxylation is 2. The van der Waals surface area contributed by atoms with E-state index in [-0.39, 0.29) is 11.7 Å². The summed E-state index contributed by atoms with van der Waals surface area (Å²) in [6, 6.07) is 12.7. The monoisotopic (exact) mass is 365 g/mol. The number of nitrogens with zero attached hydrogens (tertiary/aromatic N) is 2. The van der Waals surface area contributed by atoms with Crippen molar-refractivity contribution in [1.29, 1.82) is 0 Å². The van der Waals surface area contributed by atoms with Gasteiger partial charge in [0.2, 0.25) is 0 Å². The van der Waals surface area contributed by atoms with Gasteiger partial charge in [0.1, 0.15) is 17.2 Å². The van der Waals surface area contributed by atoms with Gasteiger partial charge in [0.05, 0.1) is 11.1 Å². The van der Waals surface area contributed by atoms with Gasteiger partial charge in [-0.2, -0.15) is 0 Å². The maximum Gasteiger partial charge on any atom is 0.256 e. The van der Waals surface area contributed by atoms with E-state index in [0.717, 1.165) is 54.8 Å². The molecule has 1 N–H and O–H groups in total. The second-order valence-corrected chi connectivity index (χ2v) is 7.41. The predicted octanol–water partition coefficient (Wildman–Crippen LogP) is 4.50. The molecule has 3 aromatic rings. The Bertz CT molecular complexity index is 965. The van der Waals surface area contributed by atoms with E-state index in [0.29, 0.717) is 17.9 Å². The number of piperidine rings is 1. The summed E-state index contributed by atoms with van der Waals surface area (Å²) in [7, 11) is 0. The summed E-state index contributed by atoms with van der Waals surface area (Å²) in [6.07, 6.45) is 3.69. The van der Waals surface area contributed by atoms with Gasteiger partial charge in [-0.15, -0.1) is 0 Å². The van der Waals surface area contributed by atoms with Crippen molar-refractivity contribution < 1.29 is 9.18 Å². The van der Waals surface area contributed by atoms with E-state index in [4.69, 9.17) is 0 Å². The van der Waals surface area contributed by atoms with E-state index in [1.165, 1.54) is 6.07 Å². The molecule has 0 spiro atoms. The molecule has 5 heteroatoms. The van der Waals surface area contributed by atoms with E-state index in [9.17, 15) is 9.18 Å². The molecule has 27 heavy (non-hydrogen) atoms. The highest BCUT2D eigenvalue weighted by atomic mass is 19.1. The Morgan fingerprint density at radius 1 is 1.26 bits per heavy atom. The molecular formula is C22H24FN3O. The van der Waals surface area contributed by atoms with Crippen LogP contribution in [0, 0.1) is 18.7 Å². The quantitative estimate of drug-likeness (QED) is 0.740. The number of halogens is 1. The number of hydrogen-bond donors (Lipinski definition) is 1. The van der Waals surface area contributed by atoms with Crippen LogP contribution in [-0.4, -0.2) is 33.9 Å². The molecule has 0 radical (unpaired) electrons. The summed E-state index contributed by atoms with van der Waals surface area (Å²) in [5.41, 5.74) is 3.06. The van der Waals surface area contributed by atoms with Gasteiger partial charge >= 0.3 is 0 Å². The molecule has 1 amide bonds. The fourth-order valence-corrected chi connectivity index (χ4v) is 4.04. The second-order valence-electron chi connectivity index (χ2n) is 7.41. The number of fused-ring (bicyclic) bond motifs is 1. The smallest absolute Gasteiger partial charge is 0.256 e. The number of H-pyrrole nitrogens is 1. The van der Waals surface area contributed by atoms with Gasteiger partial charge in [-0.25, -0.2) is 9.37 Å². The zero-order chi connectivity index (χ0) is 18.8. The summed E-state index contributed by atoms with van der Waals surface area (Å²) in [5, 5.41) is 0. The van der Waals surface area contributed by atoms with Gasteiger partial charge in [-0.3, -0.25) is 4.79 Å². The van der Waals surface area contributed by atoms with Gasteiger partial charge < -0.3 is 9.88 Å². The summed E-state index contributed by atoms with van der Waals surface area (Å²) < 4.78 is 13.8. The first-order valence-electron chi connectivity index (χ1n) is 9.60. The first kappa shape index (κ1) is 17.7. The lowest BCUT2D eigenvalue weighted by atomic mass is 9.91. The number of aromatic amines is 1. The second kappa shape index (κ2) is 7.51. The molecule has 4 rings (SSSR count). The average molecular weight is 365 g/mol. The molecule has 0 aliphatic carbocycles. The first-order valence-corrected chi connectivity index (χ1v) is 9.60. The zero-order valence-electron chi connectivity index (χ0n) is 15.5. The Kier molecular flexibility index (Phi) is 4.92. The van der Waals surface area contributed by atoms with Crippen LogP contribution in [0.4, 0.5) is 4.39 Å². The van der Waals surface area contributed by atoms with Crippen LogP contribution < -0.4 is 0 Å². The van der Waals surface area contributed by atoms with Gasteiger partial charge in [0.15, 0.2) is 0 Å². The topological polar surface area (TPSA) is 49.0 Å². The Hall–Kier alpha value is -2.69. The van der Waals surface area contributed by atoms with Crippen molar-refractivity contribution in [2.75, 3.05) is 13.1 Å². The zero-order valence-corrected chi connectivity index (χ0v) is 15.5. The molecule has 1 atom stereocenters. The SMILES string of the molecule is Cc1nc2c(C(=O)N3CCC[C@H](CCc4ccccc4F)C3)cccc2[nH]1. The third-order valence-electron chi connectivity index (χ3n) is 5.45. The molecule has 1 aliphatic heterocycles. The van der Waals surface area contributed by atoms with Gasteiger partial charge in [-0.05, 0) is 62.3 Å². The van der Waals surface area contributed by atoms with Crippen molar-refractivity contribution in [2.45, 2.75) is 32.6 Å². The van der Waals surface area contributed by atoms with Gasteiger partial charge in [-0.1, -0.05) is 24.3 Å². The minimum atomic E-state index is -0.137. The molecule has 1 saturated heterocycles. The van der Waals surface area contributed by atoms with Crippen LogP contribution in [0.5, 0.6) is 0 Å². The molecule has 1 aliphatic rings. The minimum absolute atomic E-state index is 0.0442. The third kappa shape index (κ3) is 3.72. The predicted molar refractivity (Wildman–Crippen MR) is 104 cm³/mol. The number of aromatic nitrogens is 2. The summed E-state index contributed by atoms with van der Waals surface area (Å²) in [5.74, 6) is 1.12. The minimum Gasteiger partial charge on any atom is -0.342 e. The molecular weight excluding hydrogens is 341 g/mol. The highest BCUT2D eigenvalue weighted by molar-refractivity contribution is 6.04. The molecule has 1 fully saturated rings. The standard InChI is InChI=1S/C22H24FN3O/c1-15-24-20-10-4-8-18(21(20)25-15)22(27)26-13-5-6-16(14-26)11-12-17-7-2-3-9-19(17)23/h2-4,7-10,16H,5-6,11-14H2,1H3,(H,24,25)/t16-/m1/s1. The Morgan fingerprint density at radius 2 is 2.11 bits per heavy atom. The van der Waals surface area contributed by atoms with Crippen LogP contribution in [0.15, 0.2) is 42.5 Å². The number of rotatable bonds is 4. The van der Waals surface area contributed by atoms with E-state index in [1.807, 2.05) is 42.2 Å². The van der Waals surface area contributed by atoms with Crippen molar-refractivity contribution in [1.82, 2.24) is 14.9 Å². The fraction of sp³-hybridized carbons (Fsp3) is 0.364. The van der Waals surface area contributed by atoms with Crippen LogP contribution in [0.25, 0.3) is 11.0 Å². The lowest BCUT2D eigenvalue weighted by Crippen LogP contribution is -2.40. The van der Waals surface area contributed by atoms with Crippen LogP contribution >= 0.6 is 0 Å². The summed E-state index contributed by atoms with van der Waals surface area (Å²) >= 11 is 0. The fourth-order valence-electron chi connectivity index (χ4n) is 4.04. The maximum absolute atomic E-state index is 13.8. The molecule has 4 nitrogen and oxygen atoms in total. The highest BCUT2D eigenvalue weighted by Gasteiger charge is 2.26. The van der Waals surface area contributed by atoms with E-state index in [1.54, 1.807) is 6.07 Å². The Balaban J connectivity index is 1.46. The number of amides is 1. The third-order valence-corrected chi connectivity index (χ3v) is 5.45. The Morgan fingerprint density at radius 3 is 2.96 bits per heavy atom. The maximum atomic E-state index is 13.8. The summed E-state index contributed by atoms with van der Waals surface area (Å²) in [6.45, 7) is 3.40. The van der Waals surface area contributed by atoms with E-state index < -0.39 is 0 Å².